The number of hydrogen-bond acceptors (Lipinski definition) is 2. The molecule has 2 aliphatic rings. The first-order chi connectivity index (χ1) is 7.86. The lowest BCUT2D eigenvalue weighted by molar-refractivity contribution is 0.192. The third-order valence-corrected chi connectivity index (χ3v) is 3.56. The maximum atomic E-state index is 12.0. The fourth-order valence-corrected chi connectivity index (χ4v) is 2.51. The third kappa shape index (κ3) is 3.37. The maximum Gasteiger partial charge on any atom is 0.317 e. The van der Waals surface area contributed by atoms with Gasteiger partial charge in [-0.2, -0.15) is 0 Å². The van der Waals surface area contributed by atoms with Gasteiger partial charge in [0.25, 0.3) is 0 Å². The third-order valence-electron chi connectivity index (χ3n) is 3.56. The van der Waals surface area contributed by atoms with E-state index < -0.39 is 0 Å². The highest BCUT2D eigenvalue weighted by molar-refractivity contribution is 5.74. The van der Waals surface area contributed by atoms with Gasteiger partial charge in [-0.15, -0.1) is 0 Å². The van der Waals surface area contributed by atoms with E-state index in [1.807, 2.05) is 4.90 Å². The Bertz CT molecular complexity index is 218. The summed E-state index contributed by atoms with van der Waals surface area (Å²) in [6.07, 6.45) is 7.02. The van der Waals surface area contributed by atoms with Gasteiger partial charge in [0.2, 0.25) is 0 Å². The first-order valence-corrected chi connectivity index (χ1v) is 6.62. The highest BCUT2D eigenvalue weighted by Crippen LogP contribution is 2.10. The van der Waals surface area contributed by atoms with Gasteiger partial charge in [-0.05, 0) is 38.8 Å². The van der Waals surface area contributed by atoms with Gasteiger partial charge in [-0.1, -0.05) is 12.8 Å². The summed E-state index contributed by atoms with van der Waals surface area (Å²) in [4.78, 5) is 14.0. The van der Waals surface area contributed by atoms with E-state index in [1.54, 1.807) is 0 Å². The van der Waals surface area contributed by atoms with Crippen molar-refractivity contribution in [3.05, 3.63) is 0 Å². The van der Waals surface area contributed by atoms with Crippen LogP contribution < -0.4 is 10.6 Å². The molecule has 4 heteroatoms. The Kier molecular flexibility index (Phi) is 4.45. The van der Waals surface area contributed by atoms with Crippen molar-refractivity contribution < 1.29 is 4.79 Å². The molecule has 0 bridgehead atoms. The van der Waals surface area contributed by atoms with Crippen molar-refractivity contribution in [2.24, 2.45) is 0 Å². The molecule has 2 saturated heterocycles. The lowest BCUT2D eigenvalue weighted by atomic mass is 10.1. The molecular weight excluding hydrogens is 202 g/mol. The van der Waals surface area contributed by atoms with Crippen LogP contribution in [-0.4, -0.2) is 43.2 Å². The van der Waals surface area contributed by atoms with Crippen LogP contribution in [0.5, 0.6) is 0 Å². The molecular formula is C12H23N3O. The van der Waals surface area contributed by atoms with E-state index in [0.717, 1.165) is 39.0 Å². The van der Waals surface area contributed by atoms with Gasteiger partial charge in [-0.25, -0.2) is 4.79 Å². The van der Waals surface area contributed by atoms with Crippen LogP contribution in [-0.2, 0) is 0 Å². The monoisotopic (exact) mass is 225 g/mol. The fraction of sp³-hybridized carbons (Fsp3) is 0.917. The Balaban J connectivity index is 1.76. The van der Waals surface area contributed by atoms with Crippen molar-refractivity contribution in [1.29, 1.82) is 0 Å². The summed E-state index contributed by atoms with van der Waals surface area (Å²) in [5.74, 6) is 0. The summed E-state index contributed by atoms with van der Waals surface area (Å²) in [6.45, 7) is 3.95. The van der Waals surface area contributed by atoms with Crippen molar-refractivity contribution in [3.63, 3.8) is 0 Å². The van der Waals surface area contributed by atoms with Gasteiger partial charge in [-0.3, -0.25) is 0 Å². The SMILES string of the molecule is O=C(NC1CCNCC1)N1CCCCCC1. The second-order valence-electron chi connectivity index (χ2n) is 4.88. The van der Waals surface area contributed by atoms with E-state index in [0.29, 0.717) is 6.04 Å². The molecule has 4 nitrogen and oxygen atoms in total. The summed E-state index contributed by atoms with van der Waals surface area (Å²) >= 11 is 0. The zero-order valence-electron chi connectivity index (χ0n) is 10.0. The van der Waals surface area contributed by atoms with Crippen LogP contribution in [0.4, 0.5) is 4.79 Å². The number of piperidine rings is 1. The Morgan fingerprint density at radius 3 is 2.31 bits per heavy atom. The van der Waals surface area contributed by atoms with Gasteiger partial charge >= 0.3 is 6.03 Å². The highest BCUT2D eigenvalue weighted by Gasteiger charge is 2.20. The van der Waals surface area contributed by atoms with Gasteiger partial charge in [0.1, 0.15) is 0 Å². The van der Waals surface area contributed by atoms with Crippen LogP contribution in [0.2, 0.25) is 0 Å². The van der Waals surface area contributed by atoms with Gasteiger partial charge in [0, 0.05) is 19.1 Å². The minimum absolute atomic E-state index is 0.161. The highest BCUT2D eigenvalue weighted by atomic mass is 16.2. The van der Waals surface area contributed by atoms with E-state index in [9.17, 15) is 4.79 Å². The smallest absolute Gasteiger partial charge is 0.317 e. The molecule has 0 unspecified atom stereocenters. The number of nitrogens with one attached hydrogen (secondary N) is 2. The predicted molar refractivity (Wildman–Crippen MR) is 64.5 cm³/mol. The van der Waals surface area contributed by atoms with E-state index in [-0.39, 0.29) is 6.03 Å². The molecule has 0 spiro atoms. The topological polar surface area (TPSA) is 44.4 Å². The number of urea groups is 1. The van der Waals surface area contributed by atoms with Gasteiger partial charge in [0.15, 0.2) is 0 Å². The number of nitrogens with zero attached hydrogens (tertiary/aromatic N) is 1. The molecule has 0 saturated carbocycles. The molecule has 0 aliphatic carbocycles. The number of hydrogen-bond donors (Lipinski definition) is 2. The molecule has 2 aliphatic heterocycles. The molecule has 2 N–H and O–H groups in total. The zero-order chi connectivity index (χ0) is 11.2. The van der Waals surface area contributed by atoms with Crippen molar-refractivity contribution in [2.45, 2.75) is 44.6 Å². The molecule has 0 aromatic heterocycles. The second-order valence-corrected chi connectivity index (χ2v) is 4.88. The molecule has 2 rings (SSSR count). The van der Waals surface area contributed by atoms with E-state index >= 15 is 0 Å². The summed E-state index contributed by atoms with van der Waals surface area (Å²) in [5.41, 5.74) is 0. The van der Waals surface area contributed by atoms with E-state index in [4.69, 9.17) is 0 Å². The molecule has 0 radical (unpaired) electrons. The second kappa shape index (κ2) is 6.09. The standard InChI is InChI=1S/C12H23N3O/c16-12(14-11-5-7-13-8-6-11)15-9-3-1-2-4-10-15/h11,13H,1-10H2,(H,14,16). The van der Waals surface area contributed by atoms with Gasteiger partial charge in [0.05, 0.1) is 0 Å². The zero-order valence-corrected chi connectivity index (χ0v) is 10.0. The minimum Gasteiger partial charge on any atom is -0.335 e. The molecule has 2 heterocycles. The molecule has 0 atom stereocenters. The normalized spacial score (nSPS) is 23.9. The number of carbonyl (C=O) groups excluding carboxylic acids is 1. The average Bonchev–Trinajstić information content (AvgIpc) is 2.59. The summed E-state index contributed by atoms with van der Waals surface area (Å²) in [7, 11) is 0. The Morgan fingerprint density at radius 2 is 1.69 bits per heavy atom. The fourth-order valence-electron chi connectivity index (χ4n) is 2.51. The van der Waals surface area contributed by atoms with E-state index in [2.05, 4.69) is 10.6 Å². The average molecular weight is 225 g/mol. The number of carbonyl (C=O) groups is 1. The van der Waals surface area contributed by atoms with Crippen molar-refractivity contribution in [2.75, 3.05) is 26.2 Å². The Labute approximate surface area is 97.8 Å². The van der Waals surface area contributed by atoms with Crippen molar-refractivity contribution >= 4 is 6.03 Å². The first kappa shape index (κ1) is 11.7. The lowest BCUT2D eigenvalue weighted by Crippen LogP contribution is -2.48. The summed E-state index contributed by atoms with van der Waals surface area (Å²) in [6, 6.07) is 0.547. The van der Waals surface area contributed by atoms with Gasteiger partial charge < -0.3 is 15.5 Å². The molecule has 16 heavy (non-hydrogen) atoms. The Hall–Kier alpha value is -0.770. The Morgan fingerprint density at radius 1 is 1.06 bits per heavy atom. The molecule has 2 amide bonds. The van der Waals surface area contributed by atoms with Crippen LogP contribution in [0.1, 0.15) is 38.5 Å². The number of amides is 2. The van der Waals surface area contributed by atoms with Crippen LogP contribution in [0.15, 0.2) is 0 Å². The maximum absolute atomic E-state index is 12.0. The van der Waals surface area contributed by atoms with Crippen molar-refractivity contribution in [3.8, 4) is 0 Å². The molecule has 2 fully saturated rings. The molecule has 0 aromatic rings. The molecule has 0 aromatic carbocycles. The van der Waals surface area contributed by atoms with Crippen LogP contribution in [0.3, 0.4) is 0 Å². The van der Waals surface area contributed by atoms with Crippen LogP contribution in [0.25, 0.3) is 0 Å². The number of rotatable bonds is 1. The molecule has 92 valence electrons. The van der Waals surface area contributed by atoms with E-state index in [1.165, 1.54) is 25.7 Å². The largest absolute Gasteiger partial charge is 0.335 e. The van der Waals surface area contributed by atoms with Crippen LogP contribution in [0, 0.1) is 0 Å². The summed E-state index contributed by atoms with van der Waals surface area (Å²) in [5, 5.41) is 6.48. The first-order valence-electron chi connectivity index (χ1n) is 6.62. The minimum atomic E-state index is 0.161. The number of likely N-dealkylation sites (tertiary alicyclic amines) is 1. The van der Waals surface area contributed by atoms with Crippen LogP contribution >= 0.6 is 0 Å². The summed E-state index contributed by atoms with van der Waals surface area (Å²) < 4.78 is 0. The quantitative estimate of drug-likeness (QED) is 0.707. The van der Waals surface area contributed by atoms with Crippen molar-refractivity contribution in [1.82, 2.24) is 15.5 Å². The lowest BCUT2D eigenvalue weighted by Gasteiger charge is -2.28. The predicted octanol–water partition coefficient (Wildman–Crippen LogP) is 1.32.